The number of halogens is 1. The molecule has 0 saturated carbocycles. The number of hydrogen-bond acceptors (Lipinski definition) is 5. The van der Waals surface area contributed by atoms with Gasteiger partial charge in [-0.15, -0.1) is 11.8 Å². The Morgan fingerprint density at radius 3 is 2.71 bits per heavy atom. The van der Waals surface area contributed by atoms with Crippen LogP contribution in [-0.2, 0) is 9.59 Å². The molecule has 0 aliphatic carbocycles. The van der Waals surface area contributed by atoms with Crippen LogP contribution in [-0.4, -0.2) is 29.1 Å². The monoisotopic (exact) mass is 403 g/mol. The maximum Gasteiger partial charge on any atom is 0.279 e. The van der Waals surface area contributed by atoms with Crippen molar-refractivity contribution >= 4 is 35.2 Å². The van der Waals surface area contributed by atoms with Gasteiger partial charge in [-0.05, 0) is 44.2 Å². The maximum absolute atomic E-state index is 13.6. The minimum Gasteiger partial charge on any atom is -0.478 e. The van der Waals surface area contributed by atoms with Crippen molar-refractivity contribution in [2.24, 2.45) is 0 Å². The van der Waals surface area contributed by atoms with Gasteiger partial charge in [0.1, 0.15) is 0 Å². The molecule has 9 heteroatoms. The normalized spacial score (nSPS) is 16.4. The third-order valence-corrected chi connectivity index (χ3v) is 5.16. The van der Waals surface area contributed by atoms with Crippen molar-refractivity contribution in [1.82, 2.24) is 10.9 Å². The molecule has 0 radical (unpaired) electrons. The van der Waals surface area contributed by atoms with E-state index in [-0.39, 0.29) is 22.5 Å². The second-order valence-electron chi connectivity index (χ2n) is 6.09. The Bertz CT molecular complexity index is 937. The number of hydrazine groups is 1. The summed E-state index contributed by atoms with van der Waals surface area (Å²) < 4.78 is 18.8. The maximum atomic E-state index is 13.6. The lowest BCUT2D eigenvalue weighted by atomic mass is 10.2. The van der Waals surface area contributed by atoms with E-state index in [1.807, 2.05) is 0 Å². The molecule has 3 rings (SSSR count). The summed E-state index contributed by atoms with van der Waals surface area (Å²) >= 11 is 1.40. The highest BCUT2D eigenvalue weighted by Gasteiger charge is 2.24. The van der Waals surface area contributed by atoms with Crippen molar-refractivity contribution in [1.29, 1.82) is 0 Å². The van der Waals surface area contributed by atoms with Gasteiger partial charge in [-0.25, -0.2) is 4.39 Å². The fourth-order valence-electron chi connectivity index (χ4n) is 2.43. The quantitative estimate of drug-likeness (QED) is 0.682. The summed E-state index contributed by atoms with van der Waals surface area (Å²) in [4.78, 5) is 37.0. The van der Waals surface area contributed by atoms with E-state index in [4.69, 9.17) is 4.74 Å². The smallest absolute Gasteiger partial charge is 0.279 e. The van der Waals surface area contributed by atoms with Gasteiger partial charge < -0.3 is 10.1 Å². The summed E-state index contributed by atoms with van der Waals surface area (Å²) in [5, 5.41) is 2.53. The van der Waals surface area contributed by atoms with Gasteiger partial charge in [0.15, 0.2) is 17.7 Å². The lowest BCUT2D eigenvalue weighted by molar-refractivity contribution is -0.128. The minimum absolute atomic E-state index is 0.0615. The SMILES string of the molecule is C[C@@H]1Sc2ccc(C(=O)NNC(=O)[C@@H](C)Oc3ccccc3F)cc2NC1=O. The van der Waals surface area contributed by atoms with Crippen LogP contribution in [0.3, 0.4) is 0 Å². The average molecular weight is 403 g/mol. The standard InChI is InChI=1S/C19H18FN3O4S/c1-10(27-15-6-4-3-5-13(15)20)17(24)22-23-19(26)12-7-8-16-14(9-12)21-18(25)11(2)28-16/h3-11H,1-2H3,(H,21,25)(H,22,24)(H,23,26)/t10-,11+/m1/s1. The highest BCUT2D eigenvalue weighted by molar-refractivity contribution is 8.00. The molecule has 0 saturated heterocycles. The molecular formula is C19H18FN3O4S. The zero-order chi connectivity index (χ0) is 20.3. The van der Waals surface area contributed by atoms with E-state index < -0.39 is 23.7 Å². The first-order valence-electron chi connectivity index (χ1n) is 8.48. The molecule has 3 N–H and O–H groups in total. The van der Waals surface area contributed by atoms with E-state index in [9.17, 15) is 18.8 Å². The Morgan fingerprint density at radius 1 is 1.21 bits per heavy atom. The Kier molecular flexibility index (Phi) is 5.84. The molecule has 2 atom stereocenters. The Labute approximate surface area is 165 Å². The summed E-state index contributed by atoms with van der Waals surface area (Å²) in [7, 11) is 0. The fourth-order valence-corrected chi connectivity index (χ4v) is 3.36. The van der Waals surface area contributed by atoms with E-state index >= 15 is 0 Å². The number of hydrogen-bond donors (Lipinski definition) is 3. The number of thioether (sulfide) groups is 1. The number of carbonyl (C=O) groups excluding carboxylic acids is 3. The molecule has 0 fully saturated rings. The summed E-state index contributed by atoms with van der Waals surface area (Å²) in [6, 6.07) is 10.6. The zero-order valence-corrected chi connectivity index (χ0v) is 15.9. The van der Waals surface area contributed by atoms with Crippen molar-refractivity contribution in [2.75, 3.05) is 5.32 Å². The van der Waals surface area contributed by atoms with E-state index in [1.165, 1.54) is 43.0 Å². The molecule has 0 bridgehead atoms. The van der Waals surface area contributed by atoms with Gasteiger partial charge in [-0.2, -0.15) is 0 Å². The highest BCUT2D eigenvalue weighted by Crippen LogP contribution is 2.35. The summed E-state index contributed by atoms with van der Waals surface area (Å²) in [6.07, 6.45) is -1.03. The fraction of sp³-hybridized carbons (Fsp3) is 0.211. The van der Waals surface area contributed by atoms with E-state index in [0.717, 1.165) is 4.90 Å². The molecule has 146 valence electrons. The summed E-state index contributed by atoms with van der Waals surface area (Å²) in [5.41, 5.74) is 5.32. The molecule has 2 aromatic rings. The van der Waals surface area contributed by atoms with Gasteiger partial charge in [0, 0.05) is 10.5 Å². The largest absolute Gasteiger partial charge is 0.478 e. The van der Waals surface area contributed by atoms with Crippen LogP contribution in [0.15, 0.2) is 47.4 Å². The first-order valence-corrected chi connectivity index (χ1v) is 9.36. The Balaban J connectivity index is 1.58. The molecule has 1 aliphatic rings. The molecule has 2 aromatic carbocycles. The van der Waals surface area contributed by atoms with E-state index in [2.05, 4.69) is 16.2 Å². The number of benzene rings is 2. The van der Waals surface area contributed by atoms with E-state index in [0.29, 0.717) is 5.69 Å². The second-order valence-corrected chi connectivity index (χ2v) is 7.48. The van der Waals surface area contributed by atoms with Crippen LogP contribution >= 0.6 is 11.8 Å². The molecule has 0 spiro atoms. The van der Waals surface area contributed by atoms with Gasteiger partial charge >= 0.3 is 0 Å². The number of rotatable bonds is 4. The number of carbonyl (C=O) groups is 3. The van der Waals surface area contributed by atoms with Crippen LogP contribution in [0.5, 0.6) is 5.75 Å². The molecular weight excluding hydrogens is 385 g/mol. The third kappa shape index (κ3) is 4.42. The molecule has 0 unspecified atom stereocenters. The van der Waals surface area contributed by atoms with Crippen LogP contribution < -0.4 is 20.9 Å². The topological polar surface area (TPSA) is 96.5 Å². The summed E-state index contributed by atoms with van der Waals surface area (Å²) in [6.45, 7) is 3.23. The van der Waals surface area contributed by atoms with Crippen molar-refractivity contribution in [3.8, 4) is 5.75 Å². The lowest BCUT2D eigenvalue weighted by Crippen LogP contribution is -2.47. The predicted octanol–water partition coefficient (Wildman–Crippen LogP) is 2.49. The van der Waals surface area contributed by atoms with Crippen molar-refractivity contribution < 1.29 is 23.5 Å². The molecule has 0 aromatic heterocycles. The molecule has 7 nitrogen and oxygen atoms in total. The van der Waals surface area contributed by atoms with Crippen molar-refractivity contribution in [3.05, 3.63) is 53.8 Å². The Morgan fingerprint density at radius 2 is 1.96 bits per heavy atom. The molecule has 3 amide bonds. The number of para-hydroxylation sites is 1. The number of fused-ring (bicyclic) bond motifs is 1. The summed E-state index contributed by atoms with van der Waals surface area (Å²) in [5.74, 6) is -2.00. The van der Waals surface area contributed by atoms with Gasteiger partial charge in [0.05, 0.1) is 10.9 Å². The van der Waals surface area contributed by atoms with Crippen LogP contribution in [0.25, 0.3) is 0 Å². The zero-order valence-electron chi connectivity index (χ0n) is 15.1. The first-order chi connectivity index (χ1) is 13.3. The van der Waals surface area contributed by atoms with E-state index in [1.54, 1.807) is 25.1 Å². The number of ether oxygens (including phenoxy) is 1. The van der Waals surface area contributed by atoms with Crippen molar-refractivity contribution in [2.45, 2.75) is 30.1 Å². The average Bonchev–Trinajstić information content (AvgIpc) is 2.68. The second kappa shape index (κ2) is 8.30. The number of nitrogens with one attached hydrogen (secondary N) is 3. The minimum atomic E-state index is -1.03. The van der Waals surface area contributed by atoms with Gasteiger partial charge in [0.2, 0.25) is 5.91 Å². The highest BCUT2D eigenvalue weighted by atomic mass is 32.2. The van der Waals surface area contributed by atoms with Gasteiger partial charge in [-0.3, -0.25) is 25.2 Å². The lowest BCUT2D eigenvalue weighted by Gasteiger charge is -2.21. The Hall–Kier alpha value is -3.07. The number of anilines is 1. The van der Waals surface area contributed by atoms with Crippen LogP contribution in [0.4, 0.5) is 10.1 Å². The van der Waals surface area contributed by atoms with Gasteiger partial charge in [-0.1, -0.05) is 12.1 Å². The van der Waals surface area contributed by atoms with Crippen LogP contribution in [0, 0.1) is 5.82 Å². The number of amides is 3. The van der Waals surface area contributed by atoms with Crippen molar-refractivity contribution in [3.63, 3.8) is 0 Å². The van der Waals surface area contributed by atoms with Crippen LogP contribution in [0.2, 0.25) is 0 Å². The first kappa shape index (κ1) is 19.7. The molecule has 1 aliphatic heterocycles. The predicted molar refractivity (Wildman–Crippen MR) is 102 cm³/mol. The van der Waals surface area contributed by atoms with Gasteiger partial charge in [0.25, 0.3) is 11.8 Å². The third-order valence-electron chi connectivity index (χ3n) is 3.98. The molecule has 1 heterocycles. The van der Waals surface area contributed by atoms with Crippen LogP contribution in [0.1, 0.15) is 24.2 Å². The molecule has 28 heavy (non-hydrogen) atoms.